The molecule has 4 nitrogen and oxygen atoms in total. The second-order valence-electron chi connectivity index (χ2n) is 6.14. The SMILES string of the molecule is N#Cc1ccc(-c2ccc(OCCCCCC(CO)CO)cc2)cc1. The second-order valence-corrected chi connectivity index (χ2v) is 6.14. The zero-order valence-electron chi connectivity index (χ0n) is 14.4. The highest BCUT2D eigenvalue weighted by Gasteiger charge is 2.05. The topological polar surface area (TPSA) is 73.5 Å². The first-order chi connectivity index (χ1) is 12.3. The third kappa shape index (κ3) is 6.22. The van der Waals surface area contributed by atoms with Crippen LogP contribution in [-0.2, 0) is 0 Å². The predicted molar refractivity (Wildman–Crippen MR) is 98.2 cm³/mol. The molecule has 0 aliphatic carbocycles. The van der Waals surface area contributed by atoms with Gasteiger partial charge in [0.15, 0.2) is 0 Å². The van der Waals surface area contributed by atoms with Crippen LogP contribution < -0.4 is 4.74 Å². The van der Waals surface area contributed by atoms with Crippen molar-refractivity contribution in [3.8, 4) is 22.9 Å². The fourth-order valence-electron chi connectivity index (χ4n) is 2.62. The van der Waals surface area contributed by atoms with Gasteiger partial charge in [-0.25, -0.2) is 0 Å². The largest absolute Gasteiger partial charge is 0.494 e. The van der Waals surface area contributed by atoms with Crippen molar-refractivity contribution >= 4 is 0 Å². The average Bonchev–Trinajstić information content (AvgIpc) is 2.68. The number of unbranched alkanes of at least 4 members (excludes halogenated alkanes) is 2. The van der Waals surface area contributed by atoms with Crippen molar-refractivity contribution in [2.24, 2.45) is 5.92 Å². The summed E-state index contributed by atoms with van der Waals surface area (Å²) in [5, 5.41) is 26.9. The molecular formula is C21H25NO3. The number of nitriles is 1. The van der Waals surface area contributed by atoms with E-state index in [1.54, 1.807) is 0 Å². The molecule has 2 rings (SSSR count). The number of benzene rings is 2. The van der Waals surface area contributed by atoms with Crippen LogP contribution in [0.2, 0.25) is 0 Å². The van der Waals surface area contributed by atoms with Crippen molar-refractivity contribution in [1.82, 2.24) is 0 Å². The lowest BCUT2D eigenvalue weighted by atomic mass is 10.0. The van der Waals surface area contributed by atoms with Crippen LogP contribution in [0.3, 0.4) is 0 Å². The van der Waals surface area contributed by atoms with E-state index in [4.69, 9.17) is 20.2 Å². The highest BCUT2D eigenvalue weighted by atomic mass is 16.5. The zero-order valence-corrected chi connectivity index (χ0v) is 14.4. The van der Waals surface area contributed by atoms with E-state index < -0.39 is 0 Å². The molecule has 0 amide bonds. The number of ether oxygens (including phenoxy) is 1. The minimum atomic E-state index is 0.00990. The number of aliphatic hydroxyl groups is 2. The summed E-state index contributed by atoms with van der Waals surface area (Å²) in [5.74, 6) is 0.858. The van der Waals surface area contributed by atoms with Crippen LogP contribution in [-0.4, -0.2) is 30.0 Å². The van der Waals surface area contributed by atoms with E-state index in [2.05, 4.69) is 6.07 Å². The van der Waals surface area contributed by atoms with Crippen LogP contribution in [0.4, 0.5) is 0 Å². The molecule has 0 bridgehead atoms. The molecule has 0 heterocycles. The zero-order chi connectivity index (χ0) is 17.9. The Bertz CT molecular complexity index is 655. The van der Waals surface area contributed by atoms with E-state index in [0.29, 0.717) is 12.2 Å². The summed E-state index contributed by atoms with van der Waals surface area (Å²) >= 11 is 0. The molecule has 2 N–H and O–H groups in total. The smallest absolute Gasteiger partial charge is 0.119 e. The maximum atomic E-state index is 9.01. The van der Waals surface area contributed by atoms with E-state index >= 15 is 0 Å². The molecule has 0 spiro atoms. The molecule has 0 aromatic heterocycles. The van der Waals surface area contributed by atoms with Crippen molar-refractivity contribution in [2.45, 2.75) is 25.7 Å². The molecular weight excluding hydrogens is 314 g/mol. The fraction of sp³-hybridized carbons (Fsp3) is 0.381. The Balaban J connectivity index is 1.72. The van der Waals surface area contributed by atoms with Gasteiger partial charge in [0.25, 0.3) is 0 Å². The van der Waals surface area contributed by atoms with E-state index in [0.717, 1.165) is 42.6 Å². The van der Waals surface area contributed by atoms with E-state index in [-0.39, 0.29) is 19.1 Å². The highest BCUT2D eigenvalue weighted by molar-refractivity contribution is 5.64. The third-order valence-electron chi connectivity index (χ3n) is 4.24. The summed E-state index contributed by atoms with van der Waals surface area (Å²) in [4.78, 5) is 0. The lowest BCUT2D eigenvalue weighted by Gasteiger charge is -2.10. The lowest BCUT2D eigenvalue weighted by molar-refractivity contribution is 0.141. The molecule has 0 fully saturated rings. The van der Waals surface area contributed by atoms with Gasteiger partial charge in [-0.3, -0.25) is 0 Å². The number of hydrogen-bond acceptors (Lipinski definition) is 4. The Morgan fingerprint density at radius 2 is 1.44 bits per heavy atom. The van der Waals surface area contributed by atoms with Crippen LogP contribution in [0, 0.1) is 17.2 Å². The van der Waals surface area contributed by atoms with Gasteiger partial charge in [0.1, 0.15) is 5.75 Å². The Kier molecular flexibility index (Phi) is 7.97. The van der Waals surface area contributed by atoms with Gasteiger partial charge in [0.05, 0.1) is 18.2 Å². The first-order valence-electron chi connectivity index (χ1n) is 8.72. The summed E-state index contributed by atoms with van der Waals surface area (Å²) in [6.07, 6.45) is 3.83. The minimum Gasteiger partial charge on any atom is -0.494 e. The normalized spacial score (nSPS) is 10.6. The van der Waals surface area contributed by atoms with E-state index in [9.17, 15) is 0 Å². The van der Waals surface area contributed by atoms with Crippen molar-refractivity contribution in [2.75, 3.05) is 19.8 Å². The van der Waals surface area contributed by atoms with E-state index in [1.165, 1.54) is 0 Å². The van der Waals surface area contributed by atoms with Gasteiger partial charge in [-0.2, -0.15) is 5.26 Å². The summed E-state index contributed by atoms with van der Waals surface area (Å²) < 4.78 is 5.75. The number of nitrogens with zero attached hydrogens (tertiary/aromatic N) is 1. The number of hydrogen-bond donors (Lipinski definition) is 2. The molecule has 0 radical (unpaired) electrons. The molecule has 0 saturated carbocycles. The monoisotopic (exact) mass is 339 g/mol. The molecule has 2 aromatic carbocycles. The molecule has 0 aliphatic heterocycles. The minimum absolute atomic E-state index is 0.00990. The quantitative estimate of drug-likeness (QED) is 0.646. The second kappa shape index (κ2) is 10.5. The lowest BCUT2D eigenvalue weighted by Crippen LogP contribution is -2.10. The van der Waals surface area contributed by atoms with Crippen molar-refractivity contribution in [3.05, 3.63) is 54.1 Å². The number of aliphatic hydroxyl groups excluding tert-OH is 2. The Morgan fingerprint density at radius 3 is 2.00 bits per heavy atom. The van der Waals surface area contributed by atoms with Crippen LogP contribution >= 0.6 is 0 Å². The first kappa shape index (κ1) is 19.0. The van der Waals surface area contributed by atoms with Crippen LogP contribution in [0.5, 0.6) is 5.75 Å². The molecule has 0 unspecified atom stereocenters. The molecule has 0 aliphatic rings. The van der Waals surface area contributed by atoms with Gasteiger partial charge >= 0.3 is 0 Å². The standard InChI is InChI=1S/C21H25NO3/c22-14-17-5-7-19(8-6-17)20-9-11-21(12-10-20)25-13-3-1-2-4-18(15-23)16-24/h5-12,18,23-24H,1-4,13,15-16H2. The maximum Gasteiger partial charge on any atom is 0.119 e. The molecule has 25 heavy (non-hydrogen) atoms. The van der Waals surface area contributed by atoms with Crippen molar-refractivity contribution in [3.63, 3.8) is 0 Å². The average molecular weight is 339 g/mol. The predicted octanol–water partition coefficient (Wildman–Crippen LogP) is 3.77. The highest BCUT2D eigenvalue weighted by Crippen LogP contribution is 2.23. The van der Waals surface area contributed by atoms with Gasteiger partial charge < -0.3 is 14.9 Å². The van der Waals surface area contributed by atoms with Gasteiger partial charge in [-0.15, -0.1) is 0 Å². The molecule has 0 saturated heterocycles. The maximum absolute atomic E-state index is 9.01. The Labute approximate surface area is 149 Å². The van der Waals surface area contributed by atoms with Gasteiger partial charge in [-0.05, 0) is 48.2 Å². The van der Waals surface area contributed by atoms with Crippen LogP contribution in [0.25, 0.3) is 11.1 Å². The van der Waals surface area contributed by atoms with E-state index in [1.807, 2.05) is 48.5 Å². The van der Waals surface area contributed by atoms with Gasteiger partial charge in [-0.1, -0.05) is 37.1 Å². The van der Waals surface area contributed by atoms with Gasteiger partial charge in [0, 0.05) is 19.1 Å². The molecule has 132 valence electrons. The third-order valence-corrected chi connectivity index (χ3v) is 4.24. The molecule has 2 aromatic rings. The van der Waals surface area contributed by atoms with Crippen molar-refractivity contribution in [1.29, 1.82) is 5.26 Å². The fourth-order valence-corrected chi connectivity index (χ4v) is 2.62. The van der Waals surface area contributed by atoms with Crippen LogP contribution in [0.1, 0.15) is 31.2 Å². The van der Waals surface area contributed by atoms with Gasteiger partial charge in [0.2, 0.25) is 0 Å². The summed E-state index contributed by atoms with van der Waals surface area (Å²) in [7, 11) is 0. The first-order valence-corrected chi connectivity index (χ1v) is 8.72. The van der Waals surface area contributed by atoms with Crippen molar-refractivity contribution < 1.29 is 14.9 Å². The Hall–Kier alpha value is -2.35. The Morgan fingerprint density at radius 1 is 0.840 bits per heavy atom. The summed E-state index contributed by atoms with van der Waals surface area (Å²) in [6.45, 7) is 0.774. The molecule has 0 atom stereocenters. The molecule has 4 heteroatoms. The summed E-state index contributed by atoms with van der Waals surface area (Å²) in [5.41, 5.74) is 2.83. The number of rotatable bonds is 10. The van der Waals surface area contributed by atoms with Crippen LogP contribution in [0.15, 0.2) is 48.5 Å². The summed E-state index contributed by atoms with van der Waals surface area (Å²) in [6, 6.07) is 17.6.